The van der Waals surface area contributed by atoms with Crippen molar-refractivity contribution in [3.05, 3.63) is 18.2 Å². The van der Waals surface area contributed by atoms with Crippen molar-refractivity contribution in [3.63, 3.8) is 0 Å². The topological polar surface area (TPSA) is 38.0 Å². The summed E-state index contributed by atoms with van der Waals surface area (Å²) in [4.78, 5) is 4.37. The number of hydrogen-bond acceptors (Lipinski definition) is 2. The maximum absolute atomic E-state index is 10.7. The molecule has 1 aromatic heterocycles. The lowest BCUT2D eigenvalue weighted by molar-refractivity contribution is -0.0299. The molecule has 2 rings (SSSR count). The lowest BCUT2D eigenvalue weighted by Gasteiger charge is -2.39. The first kappa shape index (κ1) is 12.6. The number of aryl methyl sites for hydroxylation is 1. The van der Waals surface area contributed by atoms with E-state index in [1.165, 1.54) is 0 Å². The summed E-state index contributed by atoms with van der Waals surface area (Å²) < 4.78 is 2.13. The SMILES string of the molecule is CCn1ccnc1CC1(O)CCC(C)C(C)C1. The molecule has 3 unspecified atom stereocenters. The highest BCUT2D eigenvalue weighted by Crippen LogP contribution is 2.37. The van der Waals surface area contributed by atoms with Crippen LogP contribution >= 0.6 is 0 Å². The molecule has 0 spiro atoms. The summed E-state index contributed by atoms with van der Waals surface area (Å²) in [6.45, 7) is 7.58. The van der Waals surface area contributed by atoms with Crippen LogP contribution in [-0.2, 0) is 13.0 Å². The fraction of sp³-hybridized carbons (Fsp3) is 0.786. The van der Waals surface area contributed by atoms with Crippen molar-refractivity contribution >= 4 is 0 Å². The van der Waals surface area contributed by atoms with Gasteiger partial charge < -0.3 is 9.67 Å². The molecule has 0 saturated heterocycles. The van der Waals surface area contributed by atoms with Gasteiger partial charge >= 0.3 is 0 Å². The monoisotopic (exact) mass is 236 g/mol. The van der Waals surface area contributed by atoms with E-state index >= 15 is 0 Å². The highest BCUT2D eigenvalue weighted by molar-refractivity contribution is 5.01. The van der Waals surface area contributed by atoms with E-state index in [4.69, 9.17) is 0 Å². The maximum Gasteiger partial charge on any atom is 0.111 e. The first-order valence-electron chi connectivity index (χ1n) is 6.76. The largest absolute Gasteiger partial charge is 0.389 e. The molecule has 1 heterocycles. The number of rotatable bonds is 3. The van der Waals surface area contributed by atoms with Crippen molar-refractivity contribution in [2.45, 2.75) is 58.6 Å². The van der Waals surface area contributed by atoms with Gasteiger partial charge in [0, 0.05) is 25.4 Å². The summed E-state index contributed by atoms with van der Waals surface area (Å²) in [5.41, 5.74) is -0.537. The standard InChI is InChI=1S/C14H24N2O/c1-4-16-8-7-15-13(16)10-14(17)6-5-11(2)12(3)9-14/h7-8,11-12,17H,4-6,9-10H2,1-3H3. The zero-order valence-corrected chi connectivity index (χ0v) is 11.2. The van der Waals surface area contributed by atoms with E-state index in [2.05, 4.69) is 30.3 Å². The smallest absolute Gasteiger partial charge is 0.111 e. The summed E-state index contributed by atoms with van der Waals surface area (Å²) in [6.07, 6.45) is 7.47. The fourth-order valence-corrected chi connectivity index (χ4v) is 2.93. The highest BCUT2D eigenvalue weighted by Gasteiger charge is 2.36. The molecule has 96 valence electrons. The maximum atomic E-state index is 10.7. The predicted octanol–water partition coefficient (Wildman–Crippen LogP) is 2.63. The van der Waals surface area contributed by atoms with Crippen molar-refractivity contribution in [2.75, 3.05) is 0 Å². The zero-order valence-electron chi connectivity index (χ0n) is 11.2. The van der Waals surface area contributed by atoms with Crippen LogP contribution < -0.4 is 0 Å². The van der Waals surface area contributed by atoms with Crippen molar-refractivity contribution in [3.8, 4) is 0 Å². The molecule has 3 nitrogen and oxygen atoms in total. The first-order chi connectivity index (χ1) is 8.04. The minimum atomic E-state index is -0.537. The van der Waals surface area contributed by atoms with Crippen LogP contribution in [0.25, 0.3) is 0 Å². The number of aliphatic hydroxyl groups is 1. The first-order valence-corrected chi connectivity index (χ1v) is 6.76. The van der Waals surface area contributed by atoms with Crippen LogP contribution in [0, 0.1) is 11.8 Å². The molecule has 3 heteroatoms. The van der Waals surface area contributed by atoms with Crippen LogP contribution in [-0.4, -0.2) is 20.3 Å². The quantitative estimate of drug-likeness (QED) is 0.876. The molecule has 3 atom stereocenters. The number of hydrogen-bond donors (Lipinski definition) is 1. The Hall–Kier alpha value is -0.830. The Labute approximate surface area is 104 Å². The van der Waals surface area contributed by atoms with Crippen molar-refractivity contribution < 1.29 is 5.11 Å². The van der Waals surface area contributed by atoms with E-state index in [9.17, 15) is 5.11 Å². The van der Waals surface area contributed by atoms with E-state index in [0.29, 0.717) is 12.3 Å². The van der Waals surface area contributed by atoms with E-state index in [1.54, 1.807) is 0 Å². The van der Waals surface area contributed by atoms with Gasteiger partial charge in [-0.15, -0.1) is 0 Å². The average Bonchev–Trinajstić information content (AvgIpc) is 2.71. The summed E-state index contributed by atoms with van der Waals surface area (Å²) in [5, 5.41) is 10.7. The van der Waals surface area contributed by atoms with Gasteiger partial charge in [0.15, 0.2) is 0 Å². The van der Waals surface area contributed by atoms with Crippen LogP contribution in [0.1, 0.15) is 45.9 Å². The van der Waals surface area contributed by atoms with Gasteiger partial charge in [-0.05, 0) is 38.0 Å². The Morgan fingerprint density at radius 3 is 2.88 bits per heavy atom. The van der Waals surface area contributed by atoms with E-state index in [1.807, 2.05) is 12.4 Å². The van der Waals surface area contributed by atoms with Crippen LogP contribution in [0.4, 0.5) is 0 Å². The molecule has 1 aliphatic rings. The third-order valence-corrected chi connectivity index (χ3v) is 4.37. The van der Waals surface area contributed by atoms with Gasteiger partial charge in [0.05, 0.1) is 5.60 Å². The summed E-state index contributed by atoms with van der Waals surface area (Å²) in [6, 6.07) is 0. The molecule has 1 N–H and O–H groups in total. The summed E-state index contributed by atoms with van der Waals surface area (Å²) in [5.74, 6) is 2.37. The number of aromatic nitrogens is 2. The Bertz CT molecular complexity index is 374. The molecule has 17 heavy (non-hydrogen) atoms. The second-order valence-corrected chi connectivity index (χ2v) is 5.73. The minimum Gasteiger partial charge on any atom is -0.389 e. The third-order valence-electron chi connectivity index (χ3n) is 4.37. The van der Waals surface area contributed by atoms with E-state index < -0.39 is 5.60 Å². The zero-order chi connectivity index (χ0) is 12.5. The minimum absolute atomic E-state index is 0.537. The Balaban J connectivity index is 2.07. The number of nitrogens with zero attached hydrogens (tertiary/aromatic N) is 2. The molecule has 0 amide bonds. The molecule has 0 radical (unpaired) electrons. The van der Waals surface area contributed by atoms with Crippen molar-refractivity contribution in [2.24, 2.45) is 11.8 Å². The van der Waals surface area contributed by atoms with Crippen molar-refractivity contribution in [1.29, 1.82) is 0 Å². The normalized spacial score (nSPS) is 33.9. The molecule has 1 saturated carbocycles. The van der Waals surface area contributed by atoms with Crippen LogP contribution in [0.5, 0.6) is 0 Å². The van der Waals surface area contributed by atoms with Gasteiger partial charge in [-0.1, -0.05) is 13.8 Å². The molecule has 1 aliphatic carbocycles. The highest BCUT2D eigenvalue weighted by atomic mass is 16.3. The molecular weight excluding hydrogens is 212 g/mol. The third kappa shape index (κ3) is 2.71. The Kier molecular flexibility index (Phi) is 3.57. The molecule has 0 aliphatic heterocycles. The second kappa shape index (κ2) is 4.81. The van der Waals surface area contributed by atoms with Gasteiger partial charge in [-0.3, -0.25) is 0 Å². The van der Waals surface area contributed by atoms with Gasteiger partial charge in [-0.25, -0.2) is 4.98 Å². The predicted molar refractivity (Wildman–Crippen MR) is 68.7 cm³/mol. The molecule has 0 aromatic carbocycles. The fourth-order valence-electron chi connectivity index (χ4n) is 2.93. The molecule has 0 bridgehead atoms. The van der Waals surface area contributed by atoms with Crippen LogP contribution in [0.2, 0.25) is 0 Å². The Morgan fingerprint density at radius 1 is 1.47 bits per heavy atom. The second-order valence-electron chi connectivity index (χ2n) is 5.73. The molecular formula is C14H24N2O. The molecule has 1 aromatic rings. The number of imidazole rings is 1. The Morgan fingerprint density at radius 2 is 2.24 bits per heavy atom. The van der Waals surface area contributed by atoms with Gasteiger partial charge in [-0.2, -0.15) is 0 Å². The molecule has 1 fully saturated rings. The van der Waals surface area contributed by atoms with Crippen molar-refractivity contribution in [1.82, 2.24) is 9.55 Å². The average molecular weight is 236 g/mol. The lowest BCUT2D eigenvalue weighted by atomic mass is 9.72. The van der Waals surface area contributed by atoms with Gasteiger partial charge in [0.2, 0.25) is 0 Å². The van der Waals surface area contributed by atoms with Gasteiger partial charge in [0.1, 0.15) is 5.82 Å². The van der Waals surface area contributed by atoms with Crippen LogP contribution in [0.3, 0.4) is 0 Å². The summed E-state index contributed by atoms with van der Waals surface area (Å²) >= 11 is 0. The van der Waals surface area contributed by atoms with E-state index in [0.717, 1.165) is 37.5 Å². The van der Waals surface area contributed by atoms with Gasteiger partial charge in [0.25, 0.3) is 0 Å². The summed E-state index contributed by atoms with van der Waals surface area (Å²) in [7, 11) is 0. The lowest BCUT2D eigenvalue weighted by Crippen LogP contribution is -2.40. The van der Waals surface area contributed by atoms with E-state index in [-0.39, 0.29) is 0 Å². The van der Waals surface area contributed by atoms with Crippen LogP contribution in [0.15, 0.2) is 12.4 Å².